The smallest absolute Gasteiger partial charge is 0.241 e. The lowest BCUT2D eigenvalue weighted by molar-refractivity contribution is -0.121. The molecule has 5 nitrogen and oxygen atoms in total. The lowest BCUT2D eigenvalue weighted by Gasteiger charge is -2.15. The van der Waals surface area contributed by atoms with Crippen LogP contribution in [0.3, 0.4) is 0 Å². The van der Waals surface area contributed by atoms with Crippen LogP contribution in [0.5, 0.6) is 0 Å². The van der Waals surface area contributed by atoms with Gasteiger partial charge in [0.1, 0.15) is 6.54 Å². The maximum atomic E-state index is 11.3. The van der Waals surface area contributed by atoms with Crippen LogP contribution < -0.4 is 10.6 Å². The minimum atomic E-state index is -0.0577. The van der Waals surface area contributed by atoms with Crippen molar-refractivity contribution >= 4 is 22.9 Å². The highest BCUT2D eigenvalue weighted by atomic mass is 32.1. The lowest BCUT2D eigenvalue weighted by atomic mass is 9.95. The third-order valence-electron chi connectivity index (χ3n) is 3.09. The fourth-order valence-corrected chi connectivity index (χ4v) is 2.84. The van der Waals surface area contributed by atoms with E-state index in [1.807, 2.05) is 17.5 Å². The topological polar surface area (TPSA) is 59.0 Å². The Balaban J connectivity index is 1.91. The van der Waals surface area contributed by atoms with Crippen molar-refractivity contribution in [3.63, 3.8) is 0 Å². The monoisotopic (exact) mass is 306 g/mol. The second-order valence-electron chi connectivity index (χ2n) is 5.97. The highest BCUT2D eigenvalue weighted by molar-refractivity contribution is 7.12. The number of nitrogens with one attached hydrogen (secondary N) is 2. The van der Waals surface area contributed by atoms with Gasteiger partial charge in [-0.05, 0) is 17.5 Å². The standard InChI is InChI=1S/C15H22N4OS/c1-15(2,3)13-6-5-12(21-13)8-17-11-7-18-19(9-11)10-14(20)16-4/h5-7,9,17H,8,10H2,1-4H3,(H,16,20). The number of likely N-dealkylation sites (N-methyl/N-ethyl adjacent to an activating group) is 1. The van der Waals surface area contributed by atoms with E-state index in [9.17, 15) is 4.79 Å². The van der Waals surface area contributed by atoms with E-state index in [1.165, 1.54) is 9.75 Å². The molecule has 0 aromatic carbocycles. The second kappa shape index (κ2) is 6.30. The van der Waals surface area contributed by atoms with E-state index < -0.39 is 0 Å². The number of nitrogens with zero attached hydrogens (tertiary/aromatic N) is 2. The van der Waals surface area contributed by atoms with Crippen LogP contribution in [0.1, 0.15) is 30.5 Å². The molecule has 2 aromatic rings. The average Bonchev–Trinajstić information content (AvgIpc) is 3.04. The van der Waals surface area contributed by atoms with E-state index in [-0.39, 0.29) is 17.9 Å². The van der Waals surface area contributed by atoms with Gasteiger partial charge in [-0.15, -0.1) is 11.3 Å². The quantitative estimate of drug-likeness (QED) is 0.892. The van der Waals surface area contributed by atoms with Gasteiger partial charge in [-0.3, -0.25) is 9.48 Å². The first-order valence-corrected chi connectivity index (χ1v) is 7.76. The van der Waals surface area contributed by atoms with Crippen LogP contribution in [0.25, 0.3) is 0 Å². The molecule has 0 saturated carbocycles. The van der Waals surface area contributed by atoms with Gasteiger partial charge >= 0.3 is 0 Å². The summed E-state index contributed by atoms with van der Waals surface area (Å²) in [6.45, 7) is 7.67. The van der Waals surface area contributed by atoms with Crippen molar-refractivity contribution < 1.29 is 4.79 Å². The van der Waals surface area contributed by atoms with Gasteiger partial charge in [0.2, 0.25) is 5.91 Å². The normalized spacial score (nSPS) is 11.4. The molecule has 0 aliphatic heterocycles. The minimum Gasteiger partial charge on any atom is -0.378 e. The molecule has 0 radical (unpaired) electrons. The van der Waals surface area contributed by atoms with Gasteiger partial charge in [0.05, 0.1) is 11.9 Å². The number of amides is 1. The van der Waals surface area contributed by atoms with E-state index in [1.54, 1.807) is 17.9 Å². The van der Waals surface area contributed by atoms with Crippen LogP contribution in [0.2, 0.25) is 0 Å². The Hall–Kier alpha value is -1.82. The van der Waals surface area contributed by atoms with Gasteiger partial charge in [0, 0.05) is 29.5 Å². The van der Waals surface area contributed by atoms with Crippen LogP contribution in [0, 0.1) is 0 Å². The maximum absolute atomic E-state index is 11.3. The third kappa shape index (κ3) is 4.32. The molecule has 0 fully saturated rings. The van der Waals surface area contributed by atoms with Crippen LogP contribution in [0.15, 0.2) is 24.5 Å². The molecule has 114 valence electrons. The number of hydrogen-bond donors (Lipinski definition) is 2. The maximum Gasteiger partial charge on any atom is 0.241 e. The molecule has 0 aliphatic rings. The number of carbonyl (C=O) groups excluding carboxylic acids is 1. The van der Waals surface area contributed by atoms with Gasteiger partial charge < -0.3 is 10.6 Å². The Morgan fingerprint density at radius 3 is 2.76 bits per heavy atom. The molecule has 6 heteroatoms. The van der Waals surface area contributed by atoms with Crippen molar-refractivity contribution in [2.24, 2.45) is 0 Å². The summed E-state index contributed by atoms with van der Waals surface area (Å²) in [6.07, 6.45) is 3.58. The predicted molar refractivity (Wildman–Crippen MR) is 86.6 cm³/mol. The first-order chi connectivity index (χ1) is 9.88. The molecule has 2 N–H and O–H groups in total. The second-order valence-corrected chi connectivity index (χ2v) is 7.14. The SMILES string of the molecule is CNC(=O)Cn1cc(NCc2ccc(C(C)(C)C)s2)cn1. The van der Waals surface area contributed by atoms with E-state index >= 15 is 0 Å². The van der Waals surface area contributed by atoms with Crippen molar-refractivity contribution in [2.75, 3.05) is 12.4 Å². The molecular formula is C15H22N4OS. The fraction of sp³-hybridized carbons (Fsp3) is 0.467. The fourth-order valence-electron chi connectivity index (χ4n) is 1.83. The molecule has 0 saturated heterocycles. The summed E-state index contributed by atoms with van der Waals surface area (Å²) in [4.78, 5) is 14.0. The largest absolute Gasteiger partial charge is 0.378 e. The van der Waals surface area contributed by atoms with Crippen molar-refractivity contribution in [1.82, 2.24) is 15.1 Å². The Morgan fingerprint density at radius 1 is 1.38 bits per heavy atom. The molecule has 0 bridgehead atoms. The lowest BCUT2D eigenvalue weighted by Crippen LogP contribution is -2.23. The number of carbonyl (C=O) groups is 1. The van der Waals surface area contributed by atoms with Crippen LogP contribution in [-0.2, 0) is 23.3 Å². The molecule has 2 aromatic heterocycles. The molecule has 0 atom stereocenters. The van der Waals surface area contributed by atoms with Gasteiger partial charge in [-0.1, -0.05) is 20.8 Å². The zero-order chi connectivity index (χ0) is 15.5. The zero-order valence-electron chi connectivity index (χ0n) is 12.9. The van der Waals surface area contributed by atoms with Gasteiger partial charge in [0.25, 0.3) is 0 Å². The predicted octanol–water partition coefficient (Wildman–Crippen LogP) is 2.60. The van der Waals surface area contributed by atoms with Crippen molar-refractivity contribution in [3.8, 4) is 0 Å². The summed E-state index contributed by atoms with van der Waals surface area (Å²) >= 11 is 1.83. The summed E-state index contributed by atoms with van der Waals surface area (Å²) in [5, 5.41) is 10.1. The Morgan fingerprint density at radius 2 is 2.14 bits per heavy atom. The van der Waals surface area contributed by atoms with Crippen molar-refractivity contribution in [2.45, 2.75) is 39.3 Å². The van der Waals surface area contributed by atoms with Gasteiger partial charge in [0.15, 0.2) is 0 Å². The molecule has 21 heavy (non-hydrogen) atoms. The van der Waals surface area contributed by atoms with Crippen molar-refractivity contribution in [1.29, 1.82) is 0 Å². The highest BCUT2D eigenvalue weighted by Crippen LogP contribution is 2.29. The molecular weight excluding hydrogens is 284 g/mol. The molecule has 1 amide bonds. The highest BCUT2D eigenvalue weighted by Gasteiger charge is 2.15. The summed E-state index contributed by atoms with van der Waals surface area (Å²) in [5.41, 5.74) is 1.12. The summed E-state index contributed by atoms with van der Waals surface area (Å²) in [6, 6.07) is 4.35. The number of rotatable bonds is 5. The van der Waals surface area contributed by atoms with Crippen LogP contribution in [-0.4, -0.2) is 22.7 Å². The molecule has 2 heterocycles. The number of hydrogen-bond acceptors (Lipinski definition) is 4. The molecule has 0 unspecified atom stereocenters. The number of aromatic nitrogens is 2. The molecule has 2 rings (SSSR count). The van der Waals surface area contributed by atoms with Gasteiger partial charge in [-0.2, -0.15) is 5.10 Å². The molecule has 0 spiro atoms. The Labute approximate surface area is 129 Å². The minimum absolute atomic E-state index is 0.0577. The third-order valence-corrected chi connectivity index (χ3v) is 4.60. The van der Waals surface area contributed by atoms with Crippen LogP contribution in [0.4, 0.5) is 5.69 Å². The zero-order valence-corrected chi connectivity index (χ0v) is 13.8. The van der Waals surface area contributed by atoms with E-state index in [2.05, 4.69) is 48.6 Å². The van der Waals surface area contributed by atoms with E-state index in [0.717, 1.165) is 12.2 Å². The van der Waals surface area contributed by atoms with E-state index in [4.69, 9.17) is 0 Å². The first-order valence-electron chi connectivity index (χ1n) is 6.94. The first kappa shape index (κ1) is 15.6. The van der Waals surface area contributed by atoms with Gasteiger partial charge in [-0.25, -0.2) is 0 Å². The average molecular weight is 306 g/mol. The molecule has 0 aliphatic carbocycles. The Kier molecular flexibility index (Phi) is 4.67. The van der Waals surface area contributed by atoms with E-state index in [0.29, 0.717) is 0 Å². The number of thiophene rings is 1. The summed E-state index contributed by atoms with van der Waals surface area (Å²) in [7, 11) is 1.62. The number of anilines is 1. The van der Waals surface area contributed by atoms with Crippen LogP contribution >= 0.6 is 11.3 Å². The summed E-state index contributed by atoms with van der Waals surface area (Å²) < 4.78 is 1.62. The summed E-state index contributed by atoms with van der Waals surface area (Å²) in [5.74, 6) is -0.0577. The van der Waals surface area contributed by atoms with Crippen molar-refractivity contribution in [3.05, 3.63) is 34.3 Å². The Bertz CT molecular complexity index is 609.